The van der Waals surface area contributed by atoms with E-state index in [9.17, 15) is 9.66 Å². The number of benzene rings is 1. The van der Waals surface area contributed by atoms with Crippen molar-refractivity contribution in [2.45, 2.75) is 103 Å². The Balaban J connectivity index is 1.60. The molecule has 0 radical (unpaired) electrons. The molecule has 5 rings (SSSR count). The third-order valence-corrected chi connectivity index (χ3v) is 15.9. The van der Waals surface area contributed by atoms with E-state index < -0.39 is 30.2 Å². The van der Waals surface area contributed by atoms with Crippen LogP contribution in [-0.2, 0) is 28.1 Å². The highest BCUT2D eigenvalue weighted by Crippen LogP contribution is 2.38. The number of pyridine rings is 2. The molecule has 1 unspecified atom stereocenters. The zero-order chi connectivity index (χ0) is 35.8. The van der Waals surface area contributed by atoms with Gasteiger partial charge in [-0.25, -0.2) is 14.6 Å². The van der Waals surface area contributed by atoms with Crippen molar-refractivity contribution >= 4 is 36.2 Å². The highest BCUT2D eigenvalue weighted by Gasteiger charge is 2.40. The van der Waals surface area contributed by atoms with Crippen LogP contribution < -0.4 is 4.72 Å². The van der Waals surface area contributed by atoms with Crippen LogP contribution >= 0.6 is 0 Å². The standard InChI is InChI=1S/C38H54N6O3SSi/c1-11-20-38(45,42-48(46)36(2,3)4)34-16-13-15-32(41-34)28-23-30(27-18-21-43(8)22-19-27)31-25-39-44(33(31)24-28)35-17-12-14-29(40-35)26-47-49(9,10)37(5,6)7/h12-18,23-25,42,45H,11,19-22,26H2,1-10H3/t38?,48-/m1/s1. The lowest BCUT2D eigenvalue weighted by atomic mass is 9.93. The highest BCUT2D eigenvalue weighted by molar-refractivity contribution is 7.90. The quantitative estimate of drug-likeness (QED) is 0.0929. The SMILES string of the molecule is CCCC(O)(N[S@+]([O-])C(C)(C)C)c1cccc(-c2cc(C3=CCN(C)CC3)c3cnn(-c4cccc(CO[Si](C)(C)C(C)(C)C)n4)c3c2)n1. The summed E-state index contributed by atoms with van der Waals surface area (Å²) in [6, 6.07) is 16.0. The van der Waals surface area contributed by atoms with E-state index in [0.29, 0.717) is 30.8 Å². The molecule has 0 amide bonds. The minimum atomic E-state index is -1.95. The summed E-state index contributed by atoms with van der Waals surface area (Å²) in [5.41, 5.74) is 4.68. The molecule has 11 heteroatoms. The normalized spacial score (nSPS) is 16.9. The molecule has 2 N–H and O–H groups in total. The van der Waals surface area contributed by atoms with Crippen LogP contribution in [0.25, 0.3) is 33.6 Å². The van der Waals surface area contributed by atoms with Crippen LogP contribution in [-0.4, -0.2) is 67.5 Å². The van der Waals surface area contributed by atoms with E-state index in [0.717, 1.165) is 53.1 Å². The van der Waals surface area contributed by atoms with Gasteiger partial charge >= 0.3 is 0 Å². The summed E-state index contributed by atoms with van der Waals surface area (Å²) in [6.07, 6.45) is 6.20. The number of nitrogens with one attached hydrogen (secondary N) is 1. The van der Waals surface area contributed by atoms with E-state index >= 15 is 0 Å². The van der Waals surface area contributed by atoms with Gasteiger partial charge < -0.3 is 19.0 Å². The Bertz CT molecular complexity index is 1810. The third kappa shape index (κ3) is 8.36. The topological polar surface area (TPSA) is 111 Å². The maximum absolute atomic E-state index is 13.2. The van der Waals surface area contributed by atoms with Crippen LogP contribution in [0.3, 0.4) is 0 Å². The molecule has 0 spiro atoms. The largest absolute Gasteiger partial charge is 0.598 e. The molecule has 0 fully saturated rings. The van der Waals surface area contributed by atoms with Crippen molar-refractivity contribution in [3.63, 3.8) is 0 Å². The molecule has 4 heterocycles. The van der Waals surface area contributed by atoms with E-state index in [1.54, 1.807) is 6.07 Å². The summed E-state index contributed by atoms with van der Waals surface area (Å²) in [5.74, 6) is 0.722. The zero-order valence-electron chi connectivity index (χ0n) is 30.9. The molecular formula is C38H54N6O3SSi. The lowest BCUT2D eigenvalue weighted by Crippen LogP contribution is -2.51. The second-order valence-corrected chi connectivity index (χ2v) is 22.6. The lowest BCUT2D eigenvalue weighted by molar-refractivity contribution is 0.0101. The van der Waals surface area contributed by atoms with Crippen LogP contribution in [0.15, 0.2) is 60.8 Å². The van der Waals surface area contributed by atoms with Crippen LogP contribution in [0, 0.1) is 0 Å². The summed E-state index contributed by atoms with van der Waals surface area (Å²) in [7, 11) is 0.185. The number of rotatable bonds is 11. The number of hydrogen-bond donors (Lipinski definition) is 2. The van der Waals surface area contributed by atoms with Gasteiger partial charge in [0.15, 0.2) is 19.9 Å². The summed E-state index contributed by atoms with van der Waals surface area (Å²) in [6.45, 7) is 21.2. The Hall–Kier alpha value is -2.90. The molecule has 3 aromatic heterocycles. The minimum Gasteiger partial charge on any atom is -0.598 e. The molecule has 1 aromatic carbocycles. The van der Waals surface area contributed by atoms with Crippen molar-refractivity contribution in [3.8, 4) is 17.1 Å². The number of fused-ring (bicyclic) bond motifs is 1. The smallest absolute Gasteiger partial charge is 0.200 e. The molecular weight excluding hydrogens is 649 g/mol. The van der Waals surface area contributed by atoms with E-state index in [4.69, 9.17) is 19.5 Å². The Morgan fingerprint density at radius 1 is 1.04 bits per heavy atom. The molecule has 2 atom stereocenters. The fraction of sp³-hybridized carbons (Fsp3) is 0.500. The van der Waals surface area contributed by atoms with Gasteiger partial charge in [-0.3, -0.25) is 0 Å². The first kappa shape index (κ1) is 37.4. The first-order valence-corrected chi connectivity index (χ1v) is 21.4. The van der Waals surface area contributed by atoms with Crippen molar-refractivity contribution in [3.05, 3.63) is 77.8 Å². The van der Waals surface area contributed by atoms with E-state index in [1.165, 1.54) is 5.57 Å². The fourth-order valence-corrected chi connectivity index (χ4v) is 7.36. The van der Waals surface area contributed by atoms with Crippen LogP contribution in [0.1, 0.15) is 84.7 Å². The van der Waals surface area contributed by atoms with Crippen LogP contribution in [0.2, 0.25) is 18.1 Å². The maximum Gasteiger partial charge on any atom is 0.200 e. The third-order valence-electron chi connectivity index (χ3n) is 9.74. The van der Waals surface area contributed by atoms with Crippen molar-refractivity contribution in [1.29, 1.82) is 0 Å². The minimum absolute atomic E-state index is 0.107. The van der Waals surface area contributed by atoms with E-state index in [-0.39, 0.29) is 5.04 Å². The molecule has 0 bridgehead atoms. The lowest BCUT2D eigenvalue weighted by Gasteiger charge is -2.36. The number of nitrogens with zero attached hydrogens (tertiary/aromatic N) is 5. The summed E-state index contributed by atoms with van der Waals surface area (Å²) >= 11 is -1.50. The average Bonchev–Trinajstić information content (AvgIpc) is 3.47. The average molecular weight is 703 g/mol. The number of likely N-dealkylation sites (N-methyl/N-ethyl adjacent to an activating group) is 1. The molecule has 0 aliphatic carbocycles. The fourth-order valence-electron chi connectivity index (χ4n) is 5.60. The van der Waals surface area contributed by atoms with Gasteiger partial charge in [0, 0.05) is 35.4 Å². The van der Waals surface area contributed by atoms with Crippen molar-refractivity contribution in [2.24, 2.45) is 0 Å². The van der Waals surface area contributed by atoms with Gasteiger partial charge in [0.05, 0.1) is 35.4 Å². The molecule has 0 saturated heterocycles. The van der Waals surface area contributed by atoms with Gasteiger partial charge in [-0.1, -0.05) is 52.3 Å². The Kier molecular flexibility index (Phi) is 11.0. The molecule has 1 aliphatic heterocycles. The molecule has 1 aliphatic rings. The van der Waals surface area contributed by atoms with Gasteiger partial charge in [-0.2, -0.15) is 5.10 Å². The highest BCUT2D eigenvalue weighted by atomic mass is 32.2. The Labute approximate surface area is 296 Å². The summed E-state index contributed by atoms with van der Waals surface area (Å²) in [5, 5.41) is 17.9. The van der Waals surface area contributed by atoms with Gasteiger partial charge in [0.25, 0.3) is 0 Å². The number of aromatic nitrogens is 4. The molecule has 264 valence electrons. The van der Waals surface area contributed by atoms with Crippen molar-refractivity contribution in [2.75, 3.05) is 20.1 Å². The van der Waals surface area contributed by atoms with Crippen LogP contribution in [0.5, 0.6) is 0 Å². The summed E-state index contributed by atoms with van der Waals surface area (Å²) in [4.78, 5) is 12.3. The second-order valence-electron chi connectivity index (χ2n) is 15.8. The van der Waals surface area contributed by atoms with Gasteiger partial charge in [0.2, 0.25) is 0 Å². The summed E-state index contributed by atoms with van der Waals surface area (Å²) < 4.78 is 24.0. The van der Waals surface area contributed by atoms with Gasteiger partial charge in [0.1, 0.15) is 4.75 Å². The van der Waals surface area contributed by atoms with Crippen LogP contribution in [0.4, 0.5) is 0 Å². The predicted molar refractivity (Wildman–Crippen MR) is 204 cm³/mol. The number of hydrogen-bond acceptors (Lipinski definition) is 8. The zero-order valence-corrected chi connectivity index (χ0v) is 32.7. The maximum atomic E-state index is 13.2. The molecule has 0 saturated carbocycles. The molecule has 4 aromatic rings. The first-order chi connectivity index (χ1) is 22.9. The van der Waals surface area contributed by atoms with E-state index in [2.05, 4.69) is 68.7 Å². The monoisotopic (exact) mass is 702 g/mol. The van der Waals surface area contributed by atoms with Gasteiger partial charge in [-0.15, -0.1) is 4.72 Å². The van der Waals surface area contributed by atoms with Crippen molar-refractivity contribution in [1.82, 2.24) is 29.4 Å². The second kappa shape index (κ2) is 14.4. The Morgan fingerprint density at radius 2 is 1.78 bits per heavy atom. The molecule has 49 heavy (non-hydrogen) atoms. The van der Waals surface area contributed by atoms with E-state index in [1.807, 2.05) is 68.9 Å². The first-order valence-electron chi connectivity index (χ1n) is 17.3. The Morgan fingerprint density at radius 3 is 2.43 bits per heavy atom. The predicted octanol–water partition coefficient (Wildman–Crippen LogP) is 7.72. The van der Waals surface area contributed by atoms with Crippen molar-refractivity contribution < 1.29 is 14.1 Å². The number of aliphatic hydroxyl groups is 1. The molecule has 9 nitrogen and oxygen atoms in total. The van der Waals surface area contributed by atoms with Gasteiger partial charge in [-0.05, 0) is 106 Å².